The Balaban J connectivity index is 1.55. The quantitative estimate of drug-likeness (QED) is 0.472. The van der Waals surface area contributed by atoms with Gasteiger partial charge in [-0.05, 0) is 37.3 Å². The van der Waals surface area contributed by atoms with E-state index in [1.54, 1.807) is 24.4 Å². The predicted octanol–water partition coefficient (Wildman–Crippen LogP) is 4.26. The first-order chi connectivity index (χ1) is 13.4. The molecule has 3 rings (SSSR count). The topological polar surface area (TPSA) is 94.4 Å². The highest BCUT2D eigenvalue weighted by Gasteiger charge is 2.13. The van der Waals surface area contributed by atoms with E-state index in [0.717, 1.165) is 0 Å². The number of amides is 1. The average Bonchev–Trinajstić information content (AvgIpc) is 3.10. The molecule has 1 amide bonds. The van der Waals surface area contributed by atoms with Gasteiger partial charge in [-0.2, -0.15) is 0 Å². The van der Waals surface area contributed by atoms with Gasteiger partial charge in [0.25, 0.3) is 5.69 Å². The van der Waals surface area contributed by atoms with Crippen molar-refractivity contribution in [3.05, 3.63) is 80.0 Å². The Morgan fingerprint density at radius 1 is 1.29 bits per heavy atom. The lowest BCUT2D eigenvalue weighted by Gasteiger charge is -2.05. The van der Waals surface area contributed by atoms with Crippen molar-refractivity contribution >= 4 is 28.6 Å². The van der Waals surface area contributed by atoms with Crippen molar-refractivity contribution in [2.24, 2.45) is 0 Å². The second-order valence-electron chi connectivity index (χ2n) is 5.96. The van der Waals surface area contributed by atoms with E-state index in [0.29, 0.717) is 27.7 Å². The van der Waals surface area contributed by atoms with Gasteiger partial charge in [0, 0.05) is 22.7 Å². The summed E-state index contributed by atoms with van der Waals surface area (Å²) in [4.78, 5) is 27.0. The summed E-state index contributed by atoms with van der Waals surface area (Å²) in [6, 6.07) is 10.2. The average molecular weight is 401 g/mol. The molecule has 0 atom stereocenters. The Bertz CT molecular complexity index is 1000. The zero-order valence-electron chi connectivity index (χ0n) is 14.8. The summed E-state index contributed by atoms with van der Waals surface area (Å²) >= 11 is 1.35. The maximum absolute atomic E-state index is 12.9. The van der Waals surface area contributed by atoms with Crippen molar-refractivity contribution in [1.29, 1.82) is 0 Å². The SMILES string of the molecule is Cc1ccc(NC(=O)Cc2csc(COc3ccc(F)cc3)n2)cc1[N+](=O)[O-]. The van der Waals surface area contributed by atoms with Crippen molar-refractivity contribution in [3.63, 3.8) is 0 Å². The lowest BCUT2D eigenvalue weighted by atomic mass is 10.2. The zero-order valence-corrected chi connectivity index (χ0v) is 15.7. The van der Waals surface area contributed by atoms with Crippen LogP contribution in [-0.4, -0.2) is 15.8 Å². The molecule has 0 spiro atoms. The van der Waals surface area contributed by atoms with Gasteiger partial charge in [-0.3, -0.25) is 14.9 Å². The fourth-order valence-electron chi connectivity index (χ4n) is 2.43. The van der Waals surface area contributed by atoms with Gasteiger partial charge in [-0.15, -0.1) is 11.3 Å². The molecule has 0 bridgehead atoms. The molecule has 3 aromatic rings. The number of aromatic nitrogens is 1. The number of carbonyl (C=O) groups excluding carboxylic acids is 1. The van der Waals surface area contributed by atoms with Crippen LogP contribution in [0.5, 0.6) is 5.75 Å². The fraction of sp³-hybridized carbons (Fsp3) is 0.158. The number of halogens is 1. The molecule has 0 radical (unpaired) electrons. The number of benzene rings is 2. The van der Waals surface area contributed by atoms with Gasteiger partial charge in [0.1, 0.15) is 23.2 Å². The standard InChI is InChI=1S/C19H16FN3O4S/c1-12-2-5-14(8-17(12)23(25)26)21-18(24)9-15-11-28-19(22-15)10-27-16-6-3-13(20)4-7-16/h2-8,11H,9-10H2,1H3,(H,21,24). The molecule has 1 heterocycles. The van der Waals surface area contributed by atoms with Crippen LogP contribution in [0.15, 0.2) is 47.8 Å². The van der Waals surface area contributed by atoms with E-state index in [4.69, 9.17) is 4.74 Å². The van der Waals surface area contributed by atoms with Crippen LogP contribution in [0, 0.1) is 22.9 Å². The van der Waals surface area contributed by atoms with Crippen molar-refractivity contribution < 1.29 is 18.8 Å². The van der Waals surface area contributed by atoms with Gasteiger partial charge in [0.15, 0.2) is 0 Å². The third-order valence-corrected chi connectivity index (χ3v) is 4.68. The molecule has 28 heavy (non-hydrogen) atoms. The molecule has 144 valence electrons. The Hall–Kier alpha value is -3.33. The first kappa shape index (κ1) is 19.4. The Morgan fingerprint density at radius 2 is 2.04 bits per heavy atom. The van der Waals surface area contributed by atoms with E-state index in [9.17, 15) is 19.3 Å². The summed E-state index contributed by atoms with van der Waals surface area (Å²) in [6.45, 7) is 1.84. The van der Waals surface area contributed by atoms with E-state index in [1.807, 2.05) is 0 Å². The molecule has 9 heteroatoms. The second-order valence-corrected chi connectivity index (χ2v) is 6.90. The van der Waals surface area contributed by atoms with E-state index in [-0.39, 0.29) is 30.4 Å². The lowest BCUT2D eigenvalue weighted by Crippen LogP contribution is -2.15. The van der Waals surface area contributed by atoms with Crippen LogP contribution in [0.1, 0.15) is 16.3 Å². The third-order valence-electron chi connectivity index (χ3n) is 3.81. The summed E-state index contributed by atoms with van der Waals surface area (Å²) in [6.07, 6.45) is 0.0364. The highest BCUT2D eigenvalue weighted by atomic mass is 32.1. The first-order valence-corrected chi connectivity index (χ1v) is 9.15. The Morgan fingerprint density at radius 3 is 2.75 bits per heavy atom. The van der Waals surface area contributed by atoms with E-state index in [1.165, 1.54) is 41.7 Å². The van der Waals surface area contributed by atoms with Crippen LogP contribution in [0.2, 0.25) is 0 Å². The number of nitro benzene ring substituents is 1. The molecule has 7 nitrogen and oxygen atoms in total. The molecule has 1 N–H and O–H groups in total. The molecule has 2 aromatic carbocycles. The number of nitrogens with zero attached hydrogens (tertiary/aromatic N) is 2. The fourth-order valence-corrected chi connectivity index (χ4v) is 3.13. The van der Waals surface area contributed by atoms with Crippen molar-refractivity contribution in [1.82, 2.24) is 4.98 Å². The van der Waals surface area contributed by atoms with Crippen LogP contribution in [0.3, 0.4) is 0 Å². The molecule has 0 aliphatic rings. The maximum Gasteiger partial charge on any atom is 0.274 e. The van der Waals surface area contributed by atoms with Gasteiger partial charge in [0.2, 0.25) is 5.91 Å². The van der Waals surface area contributed by atoms with Crippen molar-refractivity contribution in [2.75, 3.05) is 5.32 Å². The minimum Gasteiger partial charge on any atom is -0.486 e. The zero-order chi connectivity index (χ0) is 20.1. The van der Waals surface area contributed by atoms with E-state index in [2.05, 4.69) is 10.3 Å². The molecule has 0 saturated heterocycles. The largest absolute Gasteiger partial charge is 0.486 e. The lowest BCUT2D eigenvalue weighted by molar-refractivity contribution is -0.385. The van der Waals surface area contributed by atoms with E-state index >= 15 is 0 Å². The summed E-state index contributed by atoms with van der Waals surface area (Å²) < 4.78 is 18.4. The van der Waals surface area contributed by atoms with Gasteiger partial charge < -0.3 is 10.1 Å². The molecule has 0 saturated carbocycles. The third kappa shape index (κ3) is 5.10. The monoisotopic (exact) mass is 401 g/mol. The first-order valence-electron chi connectivity index (χ1n) is 8.27. The normalized spacial score (nSPS) is 10.5. The Labute approximate surface area is 164 Å². The maximum atomic E-state index is 12.9. The van der Waals surface area contributed by atoms with Crippen molar-refractivity contribution in [2.45, 2.75) is 20.0 Å². The number of aryl methyl sites for hydroxylation is 1. The highest BCUT2D eigenvalue weighted by molar-refractivity contribution is 7.09. The van der Waals surface area contributed by atoms with Crippen LogP contribution in [0.4, 0.5) is 15.8 Å². The van der Waals surface area contributed by atoms with Crippen LogP contribution >= 0.6 is 11.3 Å². The molecular formula is C19H16FN3O4S. The second kappa shape index (κ2) is 8.57. The van der Waals surface area contributed by atoms with Crippen LogP contribution in [-0.2, 0) is 17.8 Å². The van der Waals surface area contributed by atoms with Gasteiger partial charge in [-0.1, -0.05) is 6.07 Å². The number of nitrogens with one attached hydrogen (secondary N) is 1. The number of hydrogen-bond donors (Lipinski definition) is 1. The summed E-state index contributed by atoms with van der Waals surface area (Å²) in [7, 11) is 0. The van der Waals surface area contributed by atoms with E-state index < -0.39 is 4.92 Å². The number of nitro groups is 1. The highest BCUT2D eigenvalue weighted by Crippen LogP contribution is 2.22. The van der Waals surface area contributed by atoms with Gasteiger partial charge in [-0.25, -0.2) is 9.37 Å². The number of ether oxygens (including phenoxy) is 1. The minimum absolute atomic E-state index is 0.0364. The number of rotatable bonds is 7. The van der Waals surface area contributed by atoms with Crippen LogP contribution in [0.25, 0.3) is 0 Å². The summed E-state index contributed by atoms with van der Waals surface area (Å²) in [5, 5.41) is 16.1. The van der Waals surface area contributed by atoms with Crippen LogP contribution < -0.4 is 10.1 Å². The summed E-state index contributed by atoms with van der Waals surface area (Å²) in [5.74, 6) is -0.139. The summed E-state index contributed by atoms with van der Waals surface area (Å²) in [5.41, 5.74) is 1.40. The molecular weight excluding hydrogens is 385 g/mol. The number of hydrogen-bond acceptors (Lipinski definition) is 6. The molecule has 0 aliphatic heterocycles. The molecule has 1 aromatic heterocycles. The van der Waals surface area contributed by atoms with Gasteiger partial charge in [0.05, 0.1) is 17.0 Å². The number of anilines is 1. The van der Waals surface area contributed by atoms with Crippen molar-refractivity contribution in [3.8, 4) is 5.75 Å². The Kier molecular flexibility index (Phi) is 5.95. The number of carbonyl (C=O) groups is 1. The molecule has 0 aliphatic carbocycles. The molecule has 0 fully saturated rings. The predicted molar refractivity (Wildman–Crippen MR) is 103 cm³/mol. The molecule has 0 unspecified atom stereocenters. The smallest absolute Gasteiger partial charge is 0.274 e. The van der Waals surface area contributed by atoms with Gasteiger partial charge >= 0.3 is 0 Å². The number of thiazole rings is 1. The minimum atomic E-state index is -0.487.